The van der Waals surface area contributed by atoms with Crippen molar-refractivity contribution in [3.63, 3.8) is 0 Å². The molecule has 0 fully saturated rings. The Balaban J connectivity index is 1.70. The Morgan fingerprint density at radius 1 is 1.27 bits per heavy atom. The second kappa shape index (κ2) is 7.05. The summed E-state index contributed by atoms with van der Waals surface area (Å²) in [4.78, 5) is 24.3. The van der Waals surface area contributed by atoms with Gasteiger partial charge in [-0.25, -0.2) is 0 Å². The van der Waals surface area contributed by atoms with Gasteiger partial charge in [-0.2, -0.15) is 0 Å². The fourth-order valence-electron chi connectivity index (χ4n) is 2.36. The molecule has 2 N–H and O–H groups in total. The van der Waals surface area contributed by atoms with E-state index in [0.717, 1.165) is 0 Å². The minimum absolute atomic E-state index is 0.259. The molecule has 6 nitrogen and oxygen atoms in total. The molecule has 1 aliphatic rings. The summed E-state index contributed by atoms with van der Waals surface area (Å²) in [7, 11) is 0. The van der Waals surface area contributed by atoms with Gasteiger partial charge in [0.15, 0.2) is 12.2 Å². The minimum atomic E-state index is -0.982. The number of ether oxygens (including phenoxy) is 2. The van der Waals surface area contributed by atoms with E-state index in [1.54, 1.807) is 44.2 Å². The van der Waals surface area contributed by atoms with Gasteiger partial charge in [0.05, 0.1) is 10.7 Å². The fraction of sp³-hybridized carbons (Fsp3) is 0.222. The van der Waals surface area contributed by atoms with Crippen LogP contribution in [0.15, 0.2) is 36.4 Å². The molecule has 1 heterocycles. The van der Waals surface area contributed by atoms with Crippen molar-refractivity contribution in [3.8, 4) is 11.5 Å². The molecule has 0 radical (unpaired) electrons. The fourth-order valence-corrected chi connectivity index (χ4v) is 2.82. The molecule has 26 heavy (non-hydrogen) atoms. The number of carbonyl (C=O) groups is 2. The molecule has 0 bridgehead atoms. The summed E-state index contributed by atoms with van der Waals surface area (Å²) < 4.78 is 11.1. The smallest absolute Gasteiger partial charge is 0.268 e. The second-order valence-corrected chi connectivity index (χ2v) is 7.00. The van der Waals surface area contributed by atoms with E-state index in [0.29, 0.717) is 32.9 Å². The Morgan fingerprint density at radius 3 is 2.77 bits per heavy atom. The SMILES string of the molecule is CC1(C)Oc2cccc(NC(=O)COc3ccc(Cl)cc3Cl)c2NC1=O. The zero-order chi connectivity index (χ0) is 18.9. The highest BCUT2D eigenvalue weighted by Gasteiger charge is 2.36. The molecule has 0 aliphatic carbocycles. The van der Waals surface area contributed by atoms with E-state index in [-0.39, 0.29) is 12.5 Å². The molecule has 2 aromatic rings. The number of fused-ring (bicyclic) bond motifs is 1. The summed E-state index contributed by atoms with van der Waals surface area (Å²) in [5, 5.41) is 6.23. The molecule has 0 saturated heterocycles. The third kappa shape index (κ3) is 3.86. The van der Waals surface area contributed by atoms with Crippen LogP contribution in [0, 0.1) is 0 Å². The van der Waals surface area contributed by atoms with Crippen LogP contribution in [0.4, 0.5) is 11.4 Å². The Labute approximate surface area is 160 Å². The van der Waals surface area contributed by atoms with Crippen LogP contribution in [0.3, 0.4) is 0 Å². The second-order valence-electron chi connectivity index (χ2n) is 6.16. The van der Waals surface area contributed by atoms with E-state index in [9.17, 15) is 9.59 Å². The number of amides is 2. The van der Waals surface area contributed by atoms with E-state index in [1.807, 2.05) is 0 Å². The molecular weight excluding hydrogens is 379 g/mol. The topological polar surface area (TPSA) is 76.7 Å². The summed E-state index contributed by atoms with van der Waals surface area (Å²) >= 11 is 11.8. The Hall–Kier alpha value is -2.44. The maximum atomic E-state index is 12.2. The van der Waals surface area contributed by atoms with Crippen molar-refractivity contribution in [1.29, 1.82) is 0 Å². The lowest BCUT2D eigenvalue weighted by molar-refractivity contribution is -0.129. The van der Waals surface area contributed by atoms with Gasteiger partial charge in [-0.15, -0.1) is 0 Å². The zero-order valence-electron chi connectivity index (χ0n) is 14.1. The van der Waals surface area contributed by atoms with Crippen molar-refractivity contribution in [2.75, 3.05) is 17.2 Å². The summed E-state index contributed by atoms with van der Waals surface area (Å²) in [6.07, 6.45) is 0. The number of hydrogen-bond acceptors (Lipinski definition) is 4. The van der Waals surface area contributed by atoms with Crippen LogP contribution in [-0.2, 0) is 9.59 Å². The normalized spacial score (nSPS) is 14.7. The molecule has 136 valence electrons. The number of hydrogen-bond donors (Lipinski definition) is 2. The molecule has 0 aromatic heterocycles. The van der Waals surface area contributed by atoms with Crippen molar-refractivity contribution < 1.29 is 19.1 Å². The number of anilines is 2. The molecule has 8 heteroatoms. The average molecular weight is 395 g/mol. The molecule has 0 saturated carbocycles. The van der Waals surface area contributed by atoms with Crippen molar-refractivity contribution in [3.05, 3.63) is 46.4 Å². The number of halogens is 2. The molecule has 0 unspecified atom stereocenters. The molecule has 2 amide bonds. The summed E-state index contributed by atoms with van der Waals surface area (Å²) in [6, 6.07) is 9.82. The van der Waals surface area contributed by atoms with Gasteiger partial charge >= 0.3 is 0 Å². The van der Waals surface area contributed by atoms with Crippen molar-refractivity contribution in [1.82, 2.24) is 0 Å². The lowest BCUT2D eigenvalue weighted by Gasteiger charge is -2.32. The first-order valence-corrected chi connectivity index (χ1v) is 8.53. The van der Waals surface area contributed by atoms with Crippen LogP contribution < -0.4 is 20.1 Å². The molecule has 0 spiro atoms. The predicted octanol–water partition coefficient (Wildman–Crippen LogP) is 4.12. The lowest BCUT2D eigenvalue weighted by atomic mass is 10.1. The molecule has 1 aliphatic heterocycles. The van der Waals surface area contributed by atoms with Gasteiger partial charge in [0.1, 0.15) is 17.2 Å². The van der Waals surface area contributed by atoms with Gasteiger partial charge in [-0.1, -0.05) is 29.3 Å². The first kappa shape index (κ1) is 18.4. The van der Waals surface area contributed by atoms with Gasteiger partial charge in [0.25, 0.3) is 11.8 Å². The van der Waals surface area contributed by atoms with E-state index < -0.39 is 11.5 Å². The quantitative estimate of drug-likeness (QED) is 0.817. The maximum Gasteiger partial charge on any atom is 0.268 e. The highest BCUT2D eigenvalue weighted by molar-refractivity contribution is 6.35. The van der Waals surface area contributed by atoms with Crippen LogP contribution in [0.1, 0.15) is 13.8 Å². The van der Waals surface area contributed by atoms with Crippen LogP contribution in [-0.4, -0.2) is 24.0 Å². The summed E-state index contributed by atoms with van der Waals surface area (Å²) in [5.41, 5.74) is -0.152. The van der Waals surface area contributed by atoms with E-state index in [1.165, 1.54) is 6.07 Å². The Morgan fingerprint density at radius 2 is 2.04 bits per heavy atom. The largest absolute Gasteiger partial charge is 0.482 e. The number of carbonyl (C=O) groups excluding carboxylic acids is 2. The van der Waals surface area contributed by atoms with Crippen molar-refractivity contribution in [2.45, 2.75) is 19.4 Å². The first-order chi connectivity index (χ1) is 12.3. The monoisotopic (exact) mass is 394 g/mol. The number of benzene rings is 2. The van der Waals surface area contributed by atoms with Gasteiger partial charge in [-0.05, 0) is 44.2 Å². The van der Waals surface area contributed by atoms with Crippen LogP contribution in [0.25, 0.3) is 0 Å². The molecule has 0 atom stereocenters. The van der Waals surface area contributed by atoms with Crippen molar-refractivity contribution in [2.24, 2.45) is 0 Å². The van der Waals surface area contributed by atoms with Crippen LogP contribution in [0.5, 0.6) is 11.5 Å². The minimum Gasteiger partial charge on any atom is -0.482 e. The standard InChI is InChI=1S/C18H16Cl2N2O4/c1-18(2)17(24)22-16-12(4-3-5-14(16)26-18)21-15(23)9-25-13-7-6-10(19)8-11(13)20/h3-8H,9H2,1-2H3,(H,21,23)(H,22,24). The highest BCUT2D eigenvalue weighted by atomic mass is 35.5. The third-order valence-electron chi connectivity index (χ3n) is 3.70. The van der Waals surface area contributed by atoms with E-state index >= 15 is 0 Å². The van der Waals surface area contributed by atoms with Gasteiger partial charge in [0.2, 0.25) is 0 Å². The molecule has 2 aromatic carbocycles. The summed E-state index contributed by atoms with van der Waals surface area (Å²) in [6.45, 7) is 3.08. The Bertz CT molecular complexity index is 883. The molecule has 3 rings (SSSR count). The number of para-hydroxylation sites is 1. The van der Waals surface area contributed by atoms with Crippen LogP contribution in [0.2, 0.25) is 10.0 Å². The first-order valence-electron chi connectivity index (χ1n) is 7.77. The number of rotatable bonds is 4. The Kier molecular flexibility index (Phi) is 4.98. The lowest BCUT2D eigenvalue weighted by Crippen LogP contribution is -2.45. The average Bonchev–Trinajstić information content (AvgIpc) is 2.55. The van der Waals surface area contributed by atoms with Crippen LogP contribution >= 0.6 is 23.2 Å². The zero-order valence-corrected chi connectivity index (χ0v) is 15.6. The predicted molar refractivity (Wildman–Crippen MR) is 100 cm³/mol. The highest BCUT2D eigenvalue weighted by Crippen LogP contribution is 2.38. The van der Waals surface area contributed by atoms with Gasteiger partial charge < -0.3 is 20.1 Å². The maximum absolute atomic E-state index is 12.2. The third-order valence-corrected chi connectivity index (χ3v) is 4.23. The van der Waals surface area contributed by atoms with Gasteiger partial charge in [0, 0.05) is 5.02 Å². The number of nitrogens with one attached hydrogen (secondary N) is 2. The summed E-state index contributed by atoms with van der Waals surface area (Å²) in [5.74, 6) is 0.119. The van der Waals surface area contributed by atoms with E-state index in [2.05, 4.69) is 10.6 Å². The molecular formula is C18H16Cl2N2O4. The van der Waals surface area contributed by atoms with Crippen molar-refractivity contribution >= 4 is 46.4 Å². The van der Waals surface area contributed by atoms with Gasteiger partial charge in [-0.3, -0.25) is 9.59 Å². The van der Waals surface area contributed by atoms with E-state index in [4.69, 9.17) is 32.7 Å².